The van der Waals surface area contributed by atoms with Gasteiger partial charge in [0.1, 0.15) is 5.75 Å². The molecule has 1 unspecified atom stereocenters. The Morgan fingerprint density at radius 2 is 2.06 bits per heavy atom. The van der Waals surface area contributed by atoms with Crippen molar-refractivity contribution in [2.24, 2.45) is 5.73 Å². The van der Waals surface area contributed by atoms with Crippen molar-refractivity contribution in [1.82, 2.24) is 0 Å². The van der Waals surface area contributed by atoms with Gasteiger partial charge < -0.3 is 10.5 Å². The minimum absolute atomic E-state index is 0.265. The van der Waals surface area contributed by atoms with Crippen LogP contribution in [0.25, 0.3) is 0 Å². The van der Waals surface area contributed by atoms with Crippen LogP contribution in [-0.2, 0) is 6.42 Å². The van der Waals surface area contributed by atoms with E-state index in [2.05, 4.69) is 32.9 Å². The maximum Gasteiger partial charge on any atom is 0.119 e. The van der Waals surface area contributed by atoms with Gasteiger partial charge in [0.05, 0.1) is 6.61 Å². The van der Waals surface area contributed by atoms with Crippen molar-refractivity contribution in [2.45, 2.75) is 46.1 Å². The van der Waals surface area contributed by atoms with Crippen LogP contribution in [0, 0.1) is 6.92 Å². The van der Waals surface area contributed by atoms with Crippen molar-refractivity contribution in [1.29, 1.82) is 0 Å². The minimum Gasteiger partial charge on any atom is -0.494 e. The summed E-state index contributed by atoms with van der Waals surface area (Å²) >= 11 is 0. The third kappa shape index (κ3) is 3.86. The summed E-state index contributed by atoms with van der Waals surface area (Å²) in [6.07, 6.45) is 3.02. The molecule has 0 fully saturated rings. The standard InChI is InChI=1S/C14H23NO/c1-4-8-16-14-7-6-12(11(3)9-14)10-13(15)5-2/h6-7,9,13H,4-5,8,10,15H2,1-3H3. The molecular weight excluding hydrogens is 198 g/mol. The molecule has 0 aliphatic heterocycles. The lowest BCUT2D eigenvalue weighted by Gasteiger charge is -2.13. The predicted octanol–water partition coefficient (Wildman–Crippen LogP) is 3.06. The van der Waals surface area contributed by atoms with Gasteiger partial charge in [0.2, 0.25) is 0 Å². The Morgan fingerprint density at radius 1 is 1.31 bits per heavy atom. The zero-order chi connectivity index (χ0) is 12.0. The van der Waals surface area contributed by atoms with E-state index in [0.717, 1.165) is 31.6 Å². The summed E-state index contributed by atoms with van der Waals surface area (Å²) in [6.45, 7) is 7.14. The second kappa shape index (κ2) is 6.54. The number of benzene rings is 1. The lowest BCUT2D eigenvalue weighted by Crippen LogP contribution is -2.21. The van der Waals surface area contributed by atoms with E-state index in [4.69, 9.17) is 10.5 Å². The van der Waals surface area contributed by atoms with E-state index in [-0.39, 0.29) is 6.04 Å². The summed E-state index contributed by atoms with van der Waals surface area (Å²) in [5.41, 5.74) is 8.57. The van der Waals surface area contributed by atoms with Crippen molar-refractivity contribution < 1.29 is 4.74 Å². The topological polar surface area (TPSA) is 35.2 Å². The second-order valence-corrected chi connectivity index (χ2v) is 4.31. The van der Waals surface area contributed by atoms with Gasteiger partial charge in [-0.05, 0) is 49.4 Å². The molecule has 0 aliphatic carbocycles. The Morgan fingerprint density at radius 3 is 2.62 bits per heavy atom. The number of nitrogens with two attached hydrogens (primary N) is 1. The first-order valence-electron chi connectivity index (χ1n) is 6.15. The summed E-state index contributed by atoms with van der Waals surface area (Å²) in [5.74, 6) is 0.966. The summed E-state index contributed by atoms with van der Waals surface area (Å²) in [5, 5.41) is 0. The van der Waals surface area contributed by atoms with E-state index in [1.54, 1.807) is 0 Å². The zero-order valence-electron chi connectivity index (χ0n) is 10.6. The zero-order valence-corrected chi connectivity index (χ0v) is 10.6. The molecule has 2 nitrogen and oxygen atoms in total. The van der Waals surface area contributed by atoms with Gasteiger partial charge >= 0.3 is 0 Å². The van der Waals surface area contributed by atoms with Gasteiger partial charge in [-0.15, -0.1) is 0 Å². The van der Waals surface area contributed by atoms with Gasteiger partial charge in [0.25, 0.3) is 0 Å². The Bertz CT molecular complexity index is 323. The number of ether oxygens (including phenoxy) is 1. The quantitative estimate of drug-likeness (QED) is 0.801. The Labute approximate surface area is 98.8 Å². The van der Waals surface area contributed by atoms with Crippen LogP contribution < -0.4 is 10.5 Å². The maximum absolute atomic E-state index is 5.96. The maximum atomic E-state index is 5.96. The number of hydrogen-bond donors (Lipinski definition) is 1. The average molecular weight is 221 g/mol. The molecule has 0 aliphatic rings. The first-order chi connectivity index (χ1) is 7.67. The molecule has 1 aromatic carbocycles. The van der Waals surface area contributed by atoms with Crippen LogP contribution in [0.2, 0.25) is 0 Å². The fourth-order valence-electron chi connectivity index (χ4n) is 1.63. The lowest BCUT2D eigenvalue weighted by atomic mass is 10.00. The Balaban J connectivity index is 2.67. The summed E-state index contributed by atoms with van der Waals surface area (Å²) in [4.78, 5) is 0. The van der Waals surface area contributed by atoms with E-state index in [1.807, 2.05) is 6.07 Å². The molecular formula is C14H23NO. The molecule has 0 spiro atoms. The highest BCUT2D eigenvalue weighted by molar-refractivity contribution is 5.35. The third-order valence-corrected chi connectivity index (χ3v) is 2.79. The monoisotopic (exact) mass is 221 g/mol. The van der Waals surface area contributed by atoms with E-state index in [0.29, 0.717) is 0 Å². The summed E-state index contributed by atoms with van der Waals surface area (Å²) < 4.78 is 5.59. The van der Waals surface area contributed by atoms with Crippen LogP contribution in [0.5, 0.6) is 5.75 Å². The first kappa shape index (κ1) is 13.0. The SMILES string of the molecule is CCCOc1ccc(CC(N)CC)c(C)c1. The van der Waals surface area contributed by atoms with E-state index >= 15 is 0 Å². The molecule has 0 heterocycles. The van der Waals surface area contributed by atoms with Crippen LogP contribution in [0.3, 0.4) is 0 Å². The molecule has 0 radical (unpaired) electrons. The molecule has 0 saturated heterocycles. The van der Waals surface area contributed by atoms with Crippen molar-refractivity contribution in [3.05, 3.63) is 29.3 Å². The fourth-order valence-corrected chi connectivity index (χ4v) is 1.63. The minimum atomic E-state index is 0.265. The molecule has 16 heavy (non-hydrogen) atoms. The van der Waals surface area contributed by atoms with E-state index < -0.39 is 0 Å². The van der Waals surface area contributed by atoms with Crippen LogP contribution in [0.15, 0.2) is 18.2 Å². The number of rotatable bonds is 6. The highest BCUT2D eigenvalue weighted by Crippen LogP contribution is 2.18. The summed E-state index contributed by atoms with van der Waals surface area (Å²) in [6, 6.07) is 6.55. The van der Waals surface area contributed by atoms with Gasteiger partial charge in [-0.3, -0.25) is 0 Å². The molecule has 0 amide bonds. The highest BCUT2D eigenvalue weighted by Gasteiger charge is 2.05. The second-order valence-electron chi connectivity index (χ2n) is 4.31. The van der Waals surface area contributed by atoms with Gasteiger partial charge in [-0.1, -0.05) is 19.9 Å². The predicted molar refractivity (Wildman–Crippen MR) is 68.9 cm³/mol. The van der Waals surface area contributed by atoms with Crippen molar-refractivity contribution in [3.63, 3.8) is 0 Å². The lowest BCUT2D eigenvalue weighted by molar-refractivity contribution is 0.317. The van der Waals surface area contributed by atoms with Crippen LogP contribution in [-0.4, -0.2) is 12.6 Å². The van der Waals surface area contributed by atoms with E-state index in [9.17, 15) is 0 Å². The molecule has 2 N–H and O–H groups in total. The summed E-state index contributed by atoms with van der Waals surface area (Å²) in [7, 11) is 0. The van der Waals surface area contributed by atoms with Crippen LogP contribution in [0.4, 0.5) is 0 Å². The molecule has 1 aromatic rings. The van der Waals surface area contributed by atoms with Crippen molar-refractivity contribution in [2.75, 3.05) is 6.61 Å². The Kier molecular flexibility index (Phi) is 5.33. The number of hydrogen-bond acceptors (Lipinski definition) is 2. The molecule has 1 rings (SSSR count). The smallest absolute Gasteiger partial charge is 0.119 e. The van der Waals surface area contributed by atoms with Crippen LogP contribution in [0.1, 0.15) is 37.8 Å². The van der Waals surface area contributed by atoms with Crippen molar-refractivity contribution in [3.8, 4) is 5.75 Å². The van der Waals surface area contributed by atoms with Crippen LogP contribution >= 0.6 is 0 Å². The molecule has 0 saturated carbocycles. The molecule has 1 atom stereocenters. The van der Waals surface area contributed by atoms with Crippen molar-refractivity contribution >= 4 is 0 Å². The fraction of sp³-hybridized carbons (Fsp3) is 0.571. The largest absolute Gasteiger partial charge is 0.494 e. The number of aryl methyl sites for hydroxylation is 1. The van der Waals surface area contributed by atoms with Gasteiger partial charge in [0.15, 0.2) is 0 Å². The average Bonchev–Trinajstić information content (AvgIpc) is 2.29. The molecule has 2 heteroatoms. The third-order valence-electron chi connectivity index (χ3n) is 2.79. The first-order valence-corrected chi connectivity index (χ1v) is 6.15. The van der Waals surface area contributed by atoms with Gasteiger partial charge in [-0.25, -0.2) is 0 Å². The highest BCUT2D eigenvalue weighted by atomic mass is 16.5. The molecule has 0 bridgehead atoms. The molecule has 0 aromatic heterocycles. The molecule has 90 valence electrons. The van der Waals surface area contributed by atoms with Gasteiger partial charge in [-0.2, -0.15) is 0 Å². The van der Waals surface area contributed by atoms with E-state index in [1.165, 1.54) is 11.1 Å². The Hall–Kier alpha value is -1.02. The normalized spacial score (nSPS) is 12.5. The van der Waals surface area contributed by atoms with Gasteiger partial charge in [0, 0.05) is 6.04 Å².